The Bertz CT molecular complexity index is 1500. The van der Waals surface area contributed by atoms with Crippen molar-refractivity contribution in [3.63, 3.8) is 0 Å². The van der Waals surface area contributed by atoms with Crippen molar-refractivity contribution in [2.75, 3.05) is 0 Å². The number of hydrogen-bond donors (Lipinski definition) is 0. The molecule has 0 atom stereocenters. The van der Waals surface area contributed by atoms with Crippen molar-refractivity contribution in [2.24, 2.45) is 0 Å². The van der Waals surface area contributed by atoms with Gasteiger partial charge in [-0.1, -0.05) is 24.1 Å². The summed E-state index contributed by atoms with van der Waals surface area (Å²) in [6.45, 7) is 1.84. The highest BCUT2D eigenvalue weighted by Crippen LogP contribution is 2.36. The van der Waals surface area contributed by atoms with Crippen molar-refractivity contribution >= 4 is 10.8 Å². The van der Waals surface area contributed by atoms with Gasteiger partial charge in [0.15, 0.2) is 5.82 Å². The molecule has 0 unspecified atom stereocenters. The average molecular weight is 507 g/mol. The number of hydrogen-bond acceptors (Lipinski definition) is 2. The van der Waals surface area contributed by atoms with E-state index in [0.29, 0.717) is 29.3 Å². The fourth-order valence-corrected chi connectivity index (χ4v) is 3.37. The molecule has 10 heteroatoms. The Hall–Kier alpha value is -4.13. The Morgan fingerprint density at radius 2 is 1.53 bits per heavy atom. The first kappa shape index (κ1) is 25.0. The van der Waals surface area contributed by atoms with Crippen LogP contribution in [0.3, 0.4) is 0 Å². The van der Waals surface area contributed by atoms with E-state index in [1.54, 1.807) is 18.3 Å². The number of pyridine rings is 1. The Kier molecular flexibility index (Phi) is 6.35. The van der Waals surface area contributed by atoms with Crippen LogP contribution >= 0.6 is 0 Å². The number of fused-ring (bicyclic) bond motifs is 1. The van der Waals surface area contributed by atoms with Gasteiger partial charge in [0.1, 0.15) is 17.4 Å². The van der Waals surface area contributed by atoms with E-state index in [-0.39, 0.29) is 0 Å². The highest BCUT2D eigenvalue weighted by molar-refractivity contribution is 5.87. The van der Waals surface area contributed by atoms with E-state index < -0.39 is 57.4 Å². The van der Waals surface area contributed by atoms with Gasteiger partial charge >= 0.3 is 12.3 Å². The number of halogens is 8. The summed E-state index contributed by atoms with van der Waals surface area (Å²) >= 11 is 0. The molecule has 1 heterocycles. The van der Waals surface area contributed by atoms with Crippen LogP contribution in [0.15, 0.2) is 60.8 Å². The van der Waals surface area contributed by atoms with Gasteiger partial charge in [-0.25, -0.2) is 13.2 Å². The van der Waals surface area contributed by atoms with E-state index in [4.69, 9.17) is 0 Å². The zero-order valence-electron chi connectivity index (χ0n) is 18.2. The molecule has 4 rings (SSSR count). The fourth-order valence-electron chi connectivity index (χ4n) is 3.37. The molecule has 4 aromatic rings. The molecule has 0 bridgehead atoms. The number of alkyl halides is 5. The maximum atomic E-state index is 14.8. The molecule has 0 fully saturated rings. The predicted octanol–water partition coefficient (Wildman–Crippen LogP) is 7.67. The first-order valence-corrected chi connectivity index (χ1v) is 10.2. The molecular weight excluding hydrogens is 494 g/mol. The molecule has 0 aliphatic heterocycles. The Morgan fingerprint density at radius 1 is 0.833 bits per heavy atom. The number of aryl methyl sites for hydroxylation is 1. The normalized spacial score (nSPS) is 11.8. The molecule has 0 aliphatic rings. The van der Waals surface area contributed by atoms with Crippen LogP contribution in [0.5, 0.6) is 5.75 Å². The minimum absolute atomic E-state index is 0.419. The average Bonchev–Trinajstić information content (AvgIpc) is 2.78. The van der Waals surface area contributed by atoms with Crippen molar-refractivity contribution < 1.29 is 39.9 Å². The smallest absolute Gasteiger partial charge is 0.429 e. The lowest BCUT2D eigenvalue weighted by atomic mass is 10.0. The van der Waals surface area contributed by atoms with E-state index >= 15 is 0 Å². The van der Waals surface area contributed by atoms with Crippen LogP contribution in [-0.4, -0.2) is 11.2 Å². The molecule has 2 nitrogen and oxygen atoms in total. The van der Waals surface area contributed by atoms with Gasteiger partial charge in [-0.3, -0.25) is 4.98 Å². The third kappa shape index (κ3) is 5.25. The predicted molar refractivity (Wildman–Crippen MR) is 116 cm³/mol. The van der Waals surface area contributed by atoms with Gasteiger partial charge in [0.2, 0.25) is 0 Å². The molecule has 1 aromatic heterocycles. The summed E-state index contributed by atoms with van der Waals surface area (Å²) in [5.41, 5.74) is 0.135. The molecule has 0 radical (unpaired) electrons. The largest absolute Gasteiger partial charge is 0.458 e. The summed E-state index contributed by atoms with van der Waals surface area (Å²) in [6, 6.07) is 10.1. The highest BCUT2D eigenvalue weighted by Gasteiger charge is 2.35. The monoisotopic (exact) mass is 507 g/mol. The molecule has 0 spiro atoms. The van der Waals surface area contributed by atoms with Gasteiger partial charge in [-0.05, 0) is 48.2 Å². The van der Waals surface area contributed by atoms with Crippen LogP contribution in [0.4, 0.5) is 35.1 Å². The van der Waals surface area contributed by atoms with Crippen molar-refractivity contribution in [1.82, 2.24) is 4.98 Å². The lowest BCUT2D eigenvalue weighted by molar-refractivity contribution is -0.185. The molecule has 184 valence electrons. The third-order valence-corrected chi connectivity index (χ3v) is 5.06. The number of aromatic nitrogens is 1. The summed E-state index contributed by atoms with van der Waals surface area (Å²) < 4.78 is 114. The number of ether oxygens (including phenoxy) is 1. The van der Waals surface area contributed by atoms with E-state index in [9.17, 15) is 35.1 Å². The molecule has 0 amide bonds. The Morgan fingerprint density at radius 3 is 2.14 bits per heavy atom. The standard InChI is InChI=1S/C26H13F8NO/c1-14-2-7-22(35-13-14)15-3-5-17(6-4-15)26(33,34)36-18-10-16-11-20(27)19(8-9-25(30,31)32)24(29)23(16)21(28)12-18/h2-7,10-13H,1H3. The van der Waals surface area contributed by atoms with Crippen LogP contribution in [0, 0.1) is 36.2 Å². The fraction of sp³-hybridized carbons (Fsp3) is 0.115. The first-order chi connectivity index (χ1) is 16.8. The Labute approximate surface area is 199 Å². The van der Waals surface area contributed by atoms with Gasteiger partial charge in [0, 0.05) is 23.7 Å². The lowest BCUT2D eigenvalue weighted by Gasteiger charge is -2.19. The second kappa shape index (κ2) is 9.15. The van der Waals surface area contributed by atoms with Crippen LogP contribution in [0.25, 0.3) is 22.0 Å². The van der Waals surface area contributed by atoms with Crippen LogP contribution in [-0.2, 0) is 6.11 Å². The maximum Gasteiger partial charge on any atom is 0.458 e. The summed E-state index contributed by atoms with van der Waals surface area (Å²) in [4.78, 5) is 4.20. The number of rotatable bonds is 4. The summed E-state index contributed by atoms with van der Waals surface area (Å²) in [6.07, 6.45) is -7.38. The zero-order valence-corrected chi connectivity index (χ0v) is 18.2. The third-order valence-electron chi connectivity index (χ3n) is 5.06. The van der Waals surface area contributed by atoms with Gasteiger partial charge in [-0.2, -0.15) is 22.0 Å². The van der Waals surface area contributed by atoms with E-state index in [0.717, 1.165) is 23.8 Å². The topological polar surface area (TPSA) is 22.1 Å². The SMILES string of the molecule is Cc1ccc(-c2ccc(C(F)(F)Oc3cc(F)c4c(F)c(C#CC(F)(F)F)c(F)cc4c3)cc2)nc1. The summed E-state index contributed by atoms with van der Waals surface area (Å²) in [5, 5.41) is -1.47. The van der Waals surface area contributed by atoms with Gasteiger partial charge in [0.05, 0.1) is 22.2 Å². The minimum atomic E-state index is -5.04. The van der Waals surface area contributed by atoms with Gasteiger partial charge in [0.25, 0.3) is 0 Å². The minimum Gasteiger partial charge on any atom is -0.429 e. The van der Waals surface area contributed by atoms with Crippen LogP contribution in [0.2, 0.25) is 0 Å². The van der Waals surface area contributed by atoms with E-state index in [1.807, 2.05) is 6.92 Å². The van der Waals surface area contributed by atoms with Gasteiger partial charge < -0.3 is 4.74 Å². The Balaban J connectivity index is 1.65. The van der Waals surface area contributed by atoms with E-state index in [2.05, 4.69) is 9.72 Å². The molecule has 36 heavy (non-hydrogen) atoms. The lowest BCUT2D eigenvalue weighted by Crippen LogP contribution is -2.21. The maximum absolute atomic E-state index is 14.8. The first-order valence-electron chi connectivity index (χ1n) is 10.2. The second-order valence-electron chi connectivity index (χ2n) is 7.72. The highest BCUT2D eigenvalue weighted by atomic mass is 19.4. The molecule has 3 aromatic carbocycles. The van der Waals surface area contributed by atoms with Crippen LogP contribution in [0.1, 0.15) is 16.7 Å². The number of nitrogens with zero attached hydrogens (tertiary/aromatic N) is 1. The second-order valence-corrected chi connectivity index (χ2v) is 7.72. The van der Waals surface area contributed by atoms with Crippen molar-refractivity contribution in [1.29, 1.82) is 0 Å². The van der Waals surface area contributed by atoms with Gasteiger partial charge in [-0.15, -0.1) is 0 Å². The van der Waals surface area contributed by atoms with Crippen molar-refractivity contribution in [3.8, 4) is 28.8 Å². The molecule has 0 N–H and O–H groups in total. The summed E-state index contributed by atoms with van der Waals surface area (Å²) in [7, 11) is 0. The number of benzene rings is 3. The molecule has 0 saturated carbocycles. The van der Waals surface area contributed by atoms with Crippen molar-refractivity contribution in [2.45, 2.75) is 19.2 Å². The zero-order chi connectivity index (χ0) is 26.3. The molecule has 0 aliphatic carbocycles. The molecular formula is C26H13F8NO. The quantitative estimate of drug-likeness (QED) is 0.209. The summed E-state index contributed by atoms with van der Waals surface area (Å²) in [5.74, 6) is -3.45. The van der Waals surface area contributed by atoms with E-state index in [1.165, 1.54) is 18.1 Å². The van der Waals surface area contributed by atoms with Crippen molar-refractivity contribution in [3.05, 3.63) is 94.9 Å². The molecule has 0 saturated heterocycles. The van der Waals surface area contributed by atoms with Crippen LogP contribution < -0.4 is 4.74 Å².